The van der Waals surface area contributed by atoms with Crippen LogP contribution in [0.2, 0.25) is 0 Å². The van der Waals surface area contributed by atoms with Gasteiger partial charge in [-0.1, -0.05) is 30.3 Å². The van der Waals surface area contributed by atoms with E-state index >= 15 is 0 Å². The highest BCUT2D eigenvalue weighted by Gasteiger charge is 2.12. The molecule has 2 aromatic rings. The van der Waals surface area contributed by atoms with Gasteiger partial charge < -0.3 is 14.8 Å². The molecule has 2 aromatic carbocycles. The van der Waals surface area contributed by atoms with E-state index in [1.807, 2.05) is 49.4 Å². The van der Waals surface area contributed by atoms with Crippen LogP contribution < -0.4 is 14.8 Å². The monoisotopic (exact) mass is 299 g/mol. The van der Waals surface area contributed by atoms with Crippen molar-refractivity contribution in [1.29, 1.82) is 0 Å². The van der Waals surface area contributed by atoms with Gasteiger partial charge in [0.15, 0.2) is 0 Å². The fraction of sp³-hybridized carbons (Fsp3) is 0.278. The minimum Gasteiger partial charge on any atom is -0.496 e. The van der Waals surface area contributed by atoms with E-state index in [1.54, 1.807) is 14.2 Å². The Kier molecular flexibility index (Phi) is 5.42. The molecule has 0 bridgehead atoms. The Balaban J connectivity index is 2.04. The molecule has 116 valence electrons. The lowest BCUT2D eigenvalue weighted by Gasteiger charge is -2.13. The van der Waals surface area contributed by atoms with E-state index in [2.05, 4.69) is 5.32 Å². The number of benzene rings is 2. The van der Waals surface area contributed by atoms with Gasteiger partial charge in [0.25, 0.3) is 0 Å². The van der Waals surface area contributed by atoms with Crippen LogP contribution in [0.4, 0.5) is 0 Å². The van der Waals surface area contributed by atoms with Crippen LogP contribution in [0.1, 0.15) is 16.7 Å². The summed E-state index contributed by atoms with van der Waals surface area (Å²) in [5.74, 6) is 1.41. The molecule has 0 aliphatic carbocycles. The van der Waals surface area contributed by atoms with Crippen LogP contribution in [-0.4, -0.2) is 20.1 Å². The first-order chi connectivity index (χ1) is 10.6. The van der Waals surface area contributed by atoms with Crippen molar-refractivity contribution in [1.82, 2.24) is 5.32 Å². The average molecular weight is 299 g/mol. The van der Waals surface area contributed by atoms with Crippen LogP contribution in [0.3, 0.4) is 0 Å². The summed E-state index contributed by atoms with van der Waals surface area (Å²) in [5.41, 5.74) is 2.87. The summed E-state index contributed by atoms with van der Waals surface area (Å²) in [7, 11) is 3.22. The summed E-state index contributed by atoms with van der Waals surface area (Å²) in [6, 6.07) is 13.6. The van der Waals surface area contributed by atoms with Gasteiger partial charge in [-0.2, -0.15) is 0 Å². The zero-order valence-corrected chi connectivity index (χ0v) is 13.2. The molecule has 0 heterocycles. The molecule has 0 spiro atoms. The van der Waals surface area contributed by atoms with Crippen LogP contribution in [0.15, 0.2) is 42.5 Å². The van der Waals surface area contributed by atoms with Crippen molar-refractivity contribution in [3.63, 3.8) is 0 Å². The van der Waals surface area contributed by atoms with Gasteiger partial charge in [-0.05, 0) is 30.2 Å². The second kappa shape index (κ2) is 7.50. The quantitative estimate of drug-likeness (QED) is 0.892. The smallest absolute Gasteiger partial charge is 0.224 e. The Hall–Kier alpha value is -2.49. The molecule has 2 rings (SSSR count). The summed E-state index contributed by atoms with van der Waals surface area (Å²) in [4.78, 5) is 12.1. The second-order valence-corrected chi connectivity index (χ2v) is 5.07. The molecule has 22 heavy (non-hydrogen) atoms. The van der Waals surface area contributed by atoms with Crippen LogP contribution in [0.5, 0.6) is 11.5 Å². The van der Waals surface area contributed by atoms with E-state index in [9.17, 15) is 4.79 Å². The van der Waals surface area contributed by atoms with Gasteiger partial charge >= 0.3 is 0 Å². The molecule has 0 fully saturated rings. The highest BCUT2D eigenvalue weighted by Crippen LogP contribution is 2.28. The molecule has 4 heteroatoms. The fourth-order valence-corrected chi connectivity index (χ4v) is 2.28. The Morgan fingerprint density at radius 3 is 2.36 bits per heavy atom. The predicted octanol–water partition coefficient (Wildman–Crippen LogP) is 2.87. The van der Waals surface area contributed by atoms with Gasteiger partial charge in [0.05, 0.1) is 20.6 Å². The topological polar surface area (TPSA) is 47.6 Å². The predicted molar refractivity (Wildman–Crippen MR) is 86.3 cm³/mol. The molecule has 0 atom stereocenters. The maximum atomic E-state index is 12.1. The summed E-state index contributed by atoms with van der Waals surface area (Å²) in [6.07, 6.45) is 0.257. The molecule has 0 aliphatic rings. The van der Waals surface area contributed by atoms with Crippen LogP contribution in [-0.2, 0) is 17.8 Å². The van der Waals surface area contributed by atoms with Gasteiger partial charge in [0.1, 0.15) is 11.5 Å². The number of methoxy groups -OCH3 is 2. The van der Waals surface area contributed by atoms with E-state index in [0.29, 0.717) is 12.3 Å². The number of amides is 1. The maximum Gasteiger partial charge on any atom is 0.224 e. The number of nitrogens with one attached hydrogen (secondary N) is 1. The third-order valence-corrected chi connectivity index (χ3v) is 3.48. The summed E-state index contributed by atoms with van der Waals surface area (Å²) < 4.78 is 10.7. The molecular formula is C18H21NO3. The standard InChI is InChI=1S/C18H21NO3/c1-13-9-17(22-3)15(10-16(13)21-2)11-18(20)19-12-14-7-5-4-6-8-14/h4-10H,11-12H2,1-3H3,(H,19,20). The van der Waals surface area contributed by atoms with Crippen molar-refractivity contribution >= 4 is 5.91 Å². The number of rotatable bonds is 6. The van der Waals surface area contributed by atoms with Crippen LogP contribution in [0.25, 0.3) is 0 Å². The summed E-state index contributed by atoms with van der Waals surface area (Å²) in [5, 5.41) is 2.92. The number of hydrogen-bond acceptors (Lipinski definition) is 3. The second-order valence-electron chi connectivity index (χ2n) is 5.07. The molecule has 1 amide bonds. The van der Waals surface area contributed by atoms with E-state index in [0.717, 1.165) is 22.4 Å². The molecule has 4 nitrogen and oxygen atoms in total. The van der Waals surface area contributed by atoms with Crippen molar-refractivity contribution in [2.45, 2.75) is 19.9 Å². The number of ether oxygens (including phenoxy) is 2. The van der Waals surface area contributed by atoms with Crippen LogP contribution in [0, 0.1) is 6.92 Å². The molecule has 0 radical (unpaired) electrons. The third kappa shape index (κ3) is 4.01. The van der Waals surface area contributed by atoms with E-state index in [1.165, 1.54) is 0 Å². The normalized spacial score (nSPS) is 10.1. The Labute approximate surface area is 131 Å². The zero-order valence-electron chi connectivity index (χ0n) is 13.2. The van der Waals surface area contributed by atoms with Crippen molar-refractivity contribution in [3.8, 4) is 11.5 Å². The van der Waals surface area contributed by atoms with Gasteiger partial charge in [-0.15, -0.1) is 0 Å². The van der Waals surface area contributed by atoms with E-state index < -0.39 is 0 Å². The number of carbonyl (C=O) groups excluding carboxylic acids is 1. The molecular weight excluding hydrogens is 278 g/mol. The Morgan fingerprint density at radius 1 is 1.05 bits per heavy atom. The van der Waals surface area contributed by atoms with Crippen molar-refractivity contribution < 1.29 is 14.3 Å². The minimum absolute atomic E-state index is 0.0481. The molecule has 0 unspecified atom stereocenters. The van der Waals surface area contributed by atoms with E-state index in [-0.39, 0.29) is 12.3 Å². The summed E-state index contributed by atoms with van der Waals surface area (Å²) in [6.45, 7) is 2.46. The lowest BCUT2D eigenvalue weighted by molar-refractivity contribution is -0.120. The van der Waals surface area contributed by atoms with Gasteiger partial charge in [0.2, 0.25) is 5.91 Å². The Morgan fingerprint density at radius 2 is 1.73 bits per heavy atom. The third-order valence-electron chi connectivity index (χ3n) is 3.48. The lowest BCUT2D eigenvalue weighted by atomic mass is 10.1. The SMILES string of the molecule is COc1cc(CC(=O)NCc2ccccc2)c(OC)cc1C. The van der Waals surface area contributed by atoms with Gasteiger partial charge in [-0.3, -0.25) is 4.79 Å². The highest BCUT2D eigenvalue weighted by atomic mass is 16.5. The van der Waals surface area contributed by atoms with E-state index in [4.69, 9.17) is 9.47 Å². The Bertz CT molecular complexity index is 638. The van der Waals surface area contributed by atoms with Gasteiger partial charge in [0, 0.05) is 12.1 Å². The largest absolute Gasteiger partial charge is 0.496 e. The first-order valence-corrected chi connectivity index (χ1v) is 7.16. The van der Waals surface area contributed by atoms with Crippen molar-refractivity contribution in [2.75, 3.05) is 14.2 Å². The first-order valence-electron chi connectivity index (χ1n) is 7.16. The fourth-order valence-electron chi connectivity index (χ4n) is 2.28. The van der Waals surface area contributed by atoms with Crippen LogP contribution >= 0.6 is 0 Å². The van der Waals surface area contributed by atoms with Crippen molar-refractivity contribution in [3.05, 3.63) is 59.2 Å². The number of carbonyl (C=O) groups is 1. The maximum absolute atomic E-state index is 12.1. The lowest BCUT2D eigenvalue weighted by Crippen LogP contribution is -2.24. The summed E-state index contributed by atoms with van der Waals surface area (Å²) >= 11 is 0. The molecule has 0 saturated carbocycles. The number of hydrogen-bond donors (Lipinski definition) is 1. The first kappa shape index (κ1) is 15.9. The molecule has 0 aromatic heterocycles. The molecule has 1 N–H and O–H groups in total. The molecule has 0 saturated heterocycles. The highest BCUT2D eigenvalue weighted by molar-refractivity contribution is 5.79. The zero-order chi connectivity index (χ0) is 15.9. The average Bonchev–Trinajstić information content (AvgIpc) is 2.55. The number of aryl methyl sites for hydroxylation is 1. The minimum atomic E-state index is -0.0481. The van der Waals surface area contributed by atoms with Gasteiger partial charge in [-0.25, -0.2) is 0 Å². The van der Waals surface area contributed by atoms with Crippen molar-refractivity contribution in [2.24, 2.45) is 0 Å². The molecule has 0 aliphatic heterocycles.